The van der Waals surface area contributed by atoms with E-state index in [9.17, 15) is 9.00 Å². The molecule has 1 rings (SSSR count). The zero-order valence-electron chi connectivity index (χ0n) is 10.9. The van der Waals surface area contributed by atoms with E-state index in [1.54, 1.807) is 25.1 Å². The van der Waals surface area contributed by atoms with E-state index < -0.39 is 16.0 Å². The summed E-state index contributed by atoms with van der Waals surface area (Å²) in [5.74, 6) is 0.109. The van der Waals surface area contributed by atoms with E-state index in [4.69, 9.17) is 23.2 Å². The molecule has 0 spiro atoms. The van der Waals surface area contributed by atoms with E-state index in [0.717, 1.165) is 12.0 Å². The van der Waals surface area contributed by atoms with Gasteiger partial charge < -0.3 is 5.32 Å². The first-order valence-corrected chi connectivity index (χ1v) is 8.18. The summed E-state index contributed by atoms with van der Waals surface area (Å²) in [6.07, 6.45) is 0.859. The summed E-state index contributed by atoms with van der Waals surface area (Å²) in [5, 5.41) is 3.09. The second-order valence-corrected chi connectivity index (χ2v) is 6.78. The van der Waals surface area contributed by atoms with Gasteiger partial charge in [0.15, 0.2) is 0 Å². The third kappa shape index (κ3) is 5.13. The van der Waals surface area contributed by atoms with Crippen LogP contribution in [-0.4, -0.2) is 21.9 Å². The Labute approximate surface area is 126 Å². The molecule has 0 heterocycles. The van der Waals surface area contributed by atoms with Crippen LogP contribution in [0.25, 0.3) is 0 Å². The molecular formula is C13H17Cl2NO2S. The number of hydrogen-bond acceptors (Lipinski definition) is 2. The van der Waals surface area contributed by atoms with Crippen molar-refractivity contribution in [3.63, 3.8) is 0 Å². The molecule has 0 unspecified atom stereocenters. The molecule has 1 amide bonds. The first-order chi connectivity index (χ1) is 8.95. The molecule has 0 fully saturated rings. The molecule has 6 heteroatoms. The normalized spacial score (nSPS) is 13.9. The van der Waals surface area contributed by atoms with Gasteiger partial charge in [0.1, 0.15) is 5.25 Å². The second-order valence-electron chi connectivity index (χ2n) is 4.21. The smallest absolute Gasteiger partial charge is 0.235 e. The molecule has 106 valence electrons. The van der Waals surface area contributed by atoms with Gasteiger partial charge in [0, 0.05) is 23.1 Å². The summed E-state index contributed by atoms with van der Waals surface area (Å²) in [4.78, 5) is 11.7. The average molecular weight is 322 g/mol. The van der Waals surface area contributed by atoms with E-state index in [2.05, 4.69) is 5.32 Å². The van der Waals surface area contributed by atoms with E-state index in [1.807, 2.05) is 6.92 Å². The third-order valence-corrected chi connectivity index (χ3v) is 4.97. The highest BCUT2D eigenvalue weighted by Gasteiger charge is 2.19. The molecule has 0 radical (unpaired) electrons. The fraction of sp³-hybridized carbons (Fsp3) is 0.462. The van der Waals surface area contributed by atoms with Crippen LogP contribution in [0.15, 0.2) is 18.2 Å². The van der Waals surface area contributed by atoms with Crippen molar-refractivity contribution in [2.75, 3.05) is 6.54 Å². The predicted molar refractivity (Wildman–Crippen MR) is 81.1 cm³/mol. The first-order valence-electron chi connectivity index (χ1n) is 6.04. The van der Waals surface area contributed by atoms with E-state index in [0.29, 0.717) is 16.6 Å². The molecule has 0 saturated carbocycles. The molecular weight excluding hydrogens is 305 g/mol. The van der Waals surface area contributed by atoms with Crippen molar-refractivity contribution in [3.05, 3.63) is 33.8 Å². The van der Waals surface area contributed by atoms with Crippen LogP contribution in [0.3, 0.4) is 0 Å². The fourth-order valence-corrected chi connectivity index (χ4v) is 2.83. The van der Waals surface area contributed by atoms with Crippen LogP contribution in [0, 0.1) is 0 Å². The van der Waals surface area contributed by atoms with Crippen molar-refractivity contribution in [3.8, 4) is 0 Å². The number of amides is 1. The van der Waals surface area contributed by atoms with Crippen LogP contribution in [0.2, 0.25) is 10.0 Å². The van der Waals surface area contributed by atoms with Crippen molar-refractivity contribution < 1.29 is 9.00 Å². The minimum Gasteiger partial charge on any atom is -0.355 e. The standard InChI is InChI=1S/C13H17Cl2NO2S/c1-3-6-16-13(17)9(2)19(18)8-10-4-5-11(14)12(15)7-10/h4-5,7,9H,3,6,8H2,1-2H3,(H,16,17)/t9-,19-/m1/s1. The number of nitrogens with one attached hydrogen (secondary N) is 1. The van der Waals surface area contributed by atoms with Gasteiger partial charge in [-0.2, -0.15) is 0 Å². The van der Waals surface area contributed by atoms with Gasteiger partial charge >= 0.3 is 0 Å². The van der Waals surface area contributed by atoms with Crippen molar-refractivity contribution in [1.82, 2.24) is 5.32 Å². The molecule has 0 saturated heterocycles. The first kappa shape index (κ1) is 16.5. The molecule has 1 aromatic carbocycles. The zero-order valence-corrected chi connectivity index (χ0v) is 13.2. The third-order valence-electron chi connectivity index (χ3n) is 2.61. The Morgan fingerprint density at radius 3 is 2.63 bits per heavy atom. The van der Waals surface area contributed by atoms with Gasteiger partial charge in [0.2, 0.25) is 5.91 Å². The summed E-state index contributed by atoms with van der Waals surface area (Å²) >= 11 is 11.7. The maximum absolute atomic E-state index is 12.1. The van der Waals surface area contributed by atoms with Gasteiger partial charge in [-0.3, -0.25) is 9.00 Å². The summed E-state index contributed by atoms with van der Waals surface area (Å²) in [7, 11) is -1.28. The zero-order chi connectivity index (χ0) is 14.4. The van der Waals surface area contributed by atoms with E-state index in [1.165, 1.54) is 0 Å². The molecule has 0 aliphatic rings. The summed E-state index contributed by atoms with van der Waals surface area (Å²) < 4.78 is 12.1. The van der Waals surface area contributed by atoms with Crippen molar-refractivity contribution in [1.29, 1.82) is 0 Å². The number of rotatable bonds is 6. The maximum atomic E-state index is 12.1. The topological polar surface area (TPSA) is 46.2 Å². The van der Waals surface area contributed by atoms with Crippen LogP contribution in [0.5, 0.6) is 0 Å². The van der Waals surface area contributed by atoms with E-state index in [-0.39, 0.29) is 11.7 Å². The molecule has 1 N–H and O–H groups in total. The van der Waals surface area contributed by atoms with Gasteiger partial charge in [-0.15, -0.1) is 0 Å². The average Bonchev–Trinajstić information content (AvgIpc) is 2.39. The maximum Gasteiger partial charge on any atom is 0.235 e. The molecule has 0 bridgehead atoms. The molecule has 19 heavy (non-hydrogen) atoms. The molecule has 1 aromatic rings. The largest absolute Gasteiger partial charge is 0.355 e. The highest BCUT2D eigenvalue weighted by Crippen LogP contribution is 2.23. The van der Waals surface area contributed by atoms with Crippen LogP contribution < -0.4 is 5.32 Å². The molecule has 0 aliphatic heterocycles. The SMILES string of the molecule is CCCNC(=O)[C@@H](C)[S@](=O)Cc1ccc(Cl)c(Cl)c1. The quantitative estimate of drug-likeness (QED) is 0.874. The lowest BCUT2D eigenvalue weighted by Gasteiger charge is -2.12. The van der Waals surface area contributed by atoms with Crippen molar-refractivity contribution >= 4 is 39.9 Å². The van der Waals surface area contributed by atoms with Crippen molar-refractivity contribution in [2.24, 2.45) is 0 Å². The number of benzene rings is 1. The molecule has 2 atom stereocenters. The molecule has 3 nitrogen and oxygen atoms in total. The molecule has 0 aromatic heterocycles. The lowest BCUT2D eigenvalue weighted by atomic mass is 10.2. The number of carbonyl (C=O) groups excluding carboxylic acids is 1. The Balaban J connectivity index is 2.63. The van der Waals surface area contributed by atoms with Crippen molar-refractivity contribution in [2.45, 2.75) is 31.3 Å². The monoisotopic (exact) mass is 321 g/mol. The van der Waals surface area contributed by atoms with E-state index >= 15 is 0 Å². The Kier molecular flexibility index (Phi) is 6.83. The highest BCUT2D eigenvalue weighted by molar-refractivity contribution is 7.85. The van der Waals surface area contributed by atoms with Crippen LogP contribution in [0.4, 0.5) is 0 Å². The lowest BCUT2D eigenvalue weighted by Crippen LogP contribution is -2.36. The summed E-state index contributed by atoms with van der Waals surface area (Å²) in [5.41, 5.74) is 0.808. The molecule has 0 aliphatic carbocycles. The van der Waals surface area contributed by atoms with Crippen LogP contribution >= 0.6 is 23.2 Å². The predicted octanol–water partition coefficient (Wildman–Crippen LogP) is 3.16. The fourth-order valence-electron chi connectivity index (χ4n) is 1.43. The van der Waals surface area contributed by atoms with Gasteiger partial charge in [-0.1, -0.05) is 36.2 Å². The number of halogens is 2. The van der Waals surface area contributed by atoms with Crippen LogP contribution in [-0.2, 0) is 21.3 Å². The van der Waals surface area contributed by atoms with Gasteiger partial charge in [0.25, 0.3) is 0 Å². The Morgan fingerprint density at radius 2 is 2.05 bits per heavy atom. The lowest BCUT2D eigenvalue weighted by molar-refractivity contribution is -0.120. The second kappa shape index (κ2) is 7.88. The van der Waals surface area contributed by atoms with Crippen LogP contribution in [0.1, 0.15) is 25.8 Å². The Morgan fingerprint density at radius 1 is 1.37 bits per heavy atom. The summed E-state index contributed by atoms with van der Waals surface area (Å²) in [6.45, 7) is 4.24. The minimum absolute atomic E-state index is 0.180. The Bertz CT molecular complexity index is 480. The Hall–Kier alpha value is -0.580. The van der Waals surface area contributed by atoms with Gasteiger partial charge in [-0.05, 0) is 31.0 Å². The highest BCUT2D eigenvalue weighted by atomic mass is 35.5. The van der Waals surface area contributed by atoms with Gasteiger partial charge in [0.05, 0.1) is 10.0 Å². The number of hydrogen-bond donors (Lipinski definition) is 1. The van der Waals surface area contributed by atoms with Gasteiger partial charge in [-0.25, -0.2) is 0 Å². The number of carbonyl (C=O) groups is 1. The summed E-state index contributed by atoms with van der Waals surface area (Å²) in [6, 6.07) is 5.11. The minimum atomic E-state index is -1.28.